The van der Waals surface area contributed by atoms with Gasteiger partial charge in [-0.1, -0.05) is 41.3 Å². The Kier molecular flexibility index (Phi) is 4.50. The van der Waals surface area contributed by atoms with Gasteiger partial charge in [-0.25, -0.2) is 0 Å². The maximum atomic E-state index is 12.5. The summed E-state index contributed by atoms with van der Waals surface area (Å²) in [5.74, 6) is -0.267. The molecular weight excluding hydrogens is 386 g/mol. The molecule has 0 spiro atoms. The molecule has 136 valence electrons. The van der Waals surface area contributed by atoms with E-state index >= 15 is 0 Å². The standard InChI is InChI=1S/C17H13N5O3S2/c1-10(15(23)18-11-5-4-6-12(9-11)22(24)25)26-16-19-20-17-21(16)13-7-2-3-8-14(13)27-17/h2-10H,1H3,(H,18,23). The average Bonchev–Trinajstić information content (AvgIpc) is 3.21. The van der Waals surface area contributed by atoms with Gasteiger partial charge in [0.2, 0.25) is 10.9 Å². The fraction of sp³-hybridized carbons (Fsp3) is 0.118. The number of carbonyl (C=O) groups excluding carboxylic acids is 1. The molecular formula is C17H13N5O3S2. The second-order valence-electron chi connectivity index (χ2n) is 5.73. The highest BCUT2D eigenvalue weighted by Gasteiger charge is 2.20. The minimum Gasteiger partial charge on any atom is -0.325 e. The quantitative estimate of drug-likeness (QED) is 0.309. The van der Waals surface area contributed by atoms with Crippen LogP contribution in [-0.2, 0) is 4.79 Å². The molecule has 1 N–H and O–H groups in total. The van der Waals surface area contributed by atoms with Crippen molar-refractivity contribution in [3.8, 4) is 0 Å². The molecule has 0 saturated heterocycles. The van der Waals surface area contributed by atoms with Crippen molar-refractivity contribution in [3.63, 3.8) is 0 Å². The Balaban J connectivity index is 1.54. The minimum atomic E-state index is -0.498. The average molecular weight is 399 g/mol. The number of hydrogen-bond donors (Lipinski definition) is 1. The summed E-state index contributed by atoms with van der Waals surface area (Å²) in [6, 6.07) is 13.8. The van der Waals surface area contributed by atoms with Crippen molar-refractivity contribution >= 4 is 55.6 Å². The molecule has 0 fully saturated rings. The lowest BCUT2D eigenvalue weighted by Crippen LogP contribution is -2.22. The normalized spacial score (nSPS) is 12.3. The van der Waals surface area contributed by atoms with Crippen LogP contribution in [0.25, 0.3) is 15.2 Å². The number of rotatable bonds is 5. The van der Waals surface area contributed by atoms with E-state index in [1.807, 2.05) is 28.7 Å². The number of carbonyl (C=O) groups is 1. The van der Waals surface area contributed by atoms with Gasteiger partial charge in [0, 0.05) is 17.8 Å². The fourth-order valence-corrected chi connectivity index (χ4v) is 4.47. The van der Waals surface area contributed by atoms with Gasteiger partial charge >= 0.3 is 0 Å². The topological polar surface area (TPSA) is 102 Å². The van der Waals surface area contributed by atoms with Gasteiger partial charge in [-0.05, 0) is 25.1 Å². The summed E-state index contributed by atoms with van der Waals surface area (Å²) in [6.07, 6.45) is 0. The summed E-state index contributed by atoms with van der Waals surface area (Å²) in [5, 5.41) is 22.1. The Morgan fingerprint density at radius 3 is 2.89 bits per heavy atom. The van der Waals surface area contributed by atoms with Gasteiger partial charge in [0.15, 0.2) is 5.16 Å². The Morgan fingerprint density at radius 1 is 1.26 bits per heavy atom. The highest BCUT2D eigenvalue weighted by Crippen LogP contribution is 2.31. The lowest BCUT2D eigenvalue weighted by atomic mass is 10.2. The molecule has 2 aromatic heterocycles. The molecule has 0 radical (unpaired) electrons. The third kappa shape index (κ3) is 3.36. The third-order valence-corrected chi connectivity index (χ3v) is 5.94. The number of aromatic nitrogens is 3. The number of benzene rings is 2. The number of nitro groups is 1. The first-order valence-electron chi connectivity index (χ1n) is 7.97. The molecule has 10 heteroatoms. The van der Waals surface area contributed by atoms with Gasteiger partial charge in [-0.15, -0.1) is 10.2 Å². The van der Waals surface area contributed by atoms with Crippen molar-refractivity contribution in [2.24, 2.45) is 0 Å². The molecule has 4 aromatic rings. The Bertz CT molecular complexity index is 1170. The number of anilines is 1. The number of fused-ring (bicyclic) bond motifs is 3. The van der Waals surface area contributed by atoms with Crippen molar-refractivity contribution in [1.82, 2.24) is 14.6 Å². The van der Waals surface area contributed by atoms with E-state index in [-0.39, 0.29) is 11.6 Å². The summed E-state index contributed by atoms with van der Waals surface area (Å²) < 4.78 is 3.03. The van der Waals surface area contributed by atoms with Crippen LogP contribution in [0.3, 0.4) is 0 Å². The summed E-state index contributed by atoms with van der Waals surface area (Å²) >= 11 is 2.82. The van der Waals surface area contributed by atoms with Crippen molar-refractivity contribution in [2.45, 2.75) is 17.3 Å². The van der Waals surface area contributed by atoms with Crippen molar-refractivity contribution in [2.75, 3.05) is 5.32 Å². The van der Waals surface area contributed by atoms with Gasteiger partial charge in [-0.2, -0.15) is 0 Å². The number of nitrogens with zero attached hydrogens (tertiary/aromatic N) is 4. The predicted octanol–water partition coefficient (Wildman–Crippen LogP) is 3.97. The molecule has 1 unspecified atom stereocenters. The number of amides is 1. The van der Waals surface area contributed by atoms with Crippen molar-refractivity contribution in [3.05, 3.63) is 58.6 Å². The number of para-hydroxylation sites is 1. The van der Waals surface area contributed by atoms with Crippen LogP contribution in [0.1, 0.15) is 6.92 Å². The molecule has 8 nitrogen and oxygen atoms in total. The van der Waals surface area contributed by atoms with Crippen molar-refractivity contribution < 1.29 is 9.72 Å². The second kappa shape index (κ2) is 6.97. The molecule has 0 bridgehead atoms. The van der Waals surface area contributed by atoms with Crippen molar-refractivity contribution in [1.29, 1.82) is 0 Å². The minimum absolute atomic E-state index is 0.0722. The molecule has 0 aliphatic rings. The highest BCUT2D eigenvalue weighted by molar-refractivity contribution is 8.00. The van der Waals surface area contributed by atoms with Gasteiger partial charge in [-0.3, -0.25) is 19.3 Å². The van der Waals surface area contributed by atoms with Crippen LogP contribution in [0.2, 0.25) is 0 Å². The Labute approximate surface area is 161 Å². The van der Waals surface area contributed by atoms with Crippen LogP contribution in [-0.4, -0.2) is 30.7 Å². The summed E-state index contributed by atoms with van der Waals surface area (Å²) in [5.41, 5.74) is 1.31. The van der Waals surface area contributed by atoms with Gasteiger partial charge < -0.3 is 5.32 Å². The number of non-ortho nitro benzene ring substituents is 1. The zero-order chi connectivity index (χ0) is 19.0. The van der Waals surface area contributed by atoms with E-state index in [0.29, 0.717) is 10.8 Å². The third-order valence-electron chi connectivity index (χ3n) is 3.89. The predicted molar refractivity (Wildman–Crippen MR) is 105 cm³/mol. The molecule has 0 saturated carbocycles. The van der Waals surface area contributed by atoms with E-state index in [2.05, 4.69) is 15.5 Å². The first kappa shape index (κ1) is 17.4. The van der Waals surface area contributed by atoms with Crippen LogP contribution < -0.4 is 5.32 Å². The molecule has 1 atom stereocenters. The van der Waals surface area contributed by atoms with E-state index in [4.69, 9.17) is 0 Å². The molecule has 2 aromatic carbocycles. The largest absolute Gasteiger partial charge is 0.325 e. The number of thioether (sulfide) groups is 1. The van der Waals surface area contributed by atoms with Crippen LogP contribution >= 0.6 is 23.1 Å². The van der Waals surface area contributed by atoms with E-state index in [9.17, 15) is 14.9 Å². The van der Waals surface area contributed by atoms with Gasteiger partial charge in [0.1, 0.15) is 0 Å². The van der Waals surface area contributed by atoms with Crippen LogP contribution in [0, 0.1) is 10.1 Å². The molecule has 2 heterocycles. The van der Waals surface area contributed by atoms with E-state index in [1.54, 1.807) is 13.0 Å². The highest BCUT2D eigenvalue weighted by atomic mass is 32.2. The lowest BCUT2D eigenvalue weighted by Gasteiger charge is -2.10. The lowest BCUT2D eigenvalue weighted by molar-refractivity contribution is -0.384. The molecule has 0 aliphatic heterocycles. The molecule has 4 rings (SSSR count). The summed E-state index contributed by atoms with van der Waals surface area (Å²) in [6.45, 7) is 1.76. The number of hydrogen-bond acceptors (Lipinski definition) is 7. The smallest absolute Gasteiger partial charge is 0.271 e. The van der Waals surface area contributed by atoms with Crippen LogP contribution in [0.15, 0.2) is 53.7 Å². The first-order valence-corrected chi connectivity index (χ1v) is 9.67. The fourth-order valence-electron chi connectivity index (χ4n) is 2.58. The Hall–Kier alpha value is -2.98. The van der Waals surface area contributed by atoms with E-state index in [1.165, 1.54) is 41.3 Å². The van der Waals surface area contributed by atoms with Crippen LogP contribution in [0.5, 0.6) is 0 Å². The van der Waals surface area contributed by atoms with Gasteiger partial charge in [0.25, 0.3) is 5.69 Å². The monoisotopic (exact) mass is 399 g/mol. The number of thiazole rings is 1. The molecule has 1 amide bonds. The number of nitrogens with one attached hydrogen (secondary N) is 1. The Morgan fingerprint density at radius 2 is 2.07 bits per heavy atom. The molecule has 27 heavy (non-hydrogen) atoms. The zero-order valence-corrected chi connectivity index (χ0v) is 15.7. The van der Waals surface area contributed by atoms with Gasteiger partial charge in [0.05, 0.1) is 20.4 Å². The van der Waals surface area contributed by atoms with Crippen LogP contribution in [0.4, 0.5) is 11.4 Å². The maximum Gasteiger partial charge on any atom is 0.271 e. The summed E-state index contributed by atoms with van der Waals surface area (Å²) in [7, 11) is 0. The molecule has 0 aliphatic carbocycles. The SMILES string of the molecule is CC(Sc1nnc2sc3ccccc3n12)C(=O)Nc1cccc([N+](=O)[O-])c1. The second-order valence-corrected chi connectivity index (χ2v) is 8.04. The van der Waals surface area contributed by atoms with E-state index in [0.717, 1.165) is 15.2 Å². The zero-order valence-electron chi connectivity index (χ0n) is 14.0. The number of nitro benzene ring substituents is 1. The first-order chi connectivity index (χ1) is 13.0. The van der Waals surface area contributed by atoms with E-state index < -0.39 is 10.2 Å². The summed E-state index contributed by atoms with van der Waals surface area (Å²) in [4.78, 5) is 23.6. The maximum absolute atomic E-state index is 12.5.